The maximum absolute atomic E-state index is 11.3. The molecule has 1 aliphatic rings. The number of hydrogen-bond acceptors (Lipinski definition) is 2. The average molecular weight is 295 g/mol. The lowest BCUT2D eigenvalue weighted by Crippen LogP contribution is -2.36. The van der Waals surface area contributed by atoms with Crippen LogP contribution in [0.4, 0.5) is 5.69 Å². The van der Waals surface area contributed by atoms with Gasteiger partial charge < -0.3 is 10.2 Å². The van der Waals surface area contributed by atoms with E-state index < -0.39 is 0 Å². The normalized spacial score (nSPS) is 16.1. The molecule has 1 N–H and O–H groups in total. The lowest BCUT2D eigenvalue weighted by Gasteiger charge is -2.32. The summed E-state index contributed by atoms with van der Waals surface area (Å²) in [5, 5.41) is 3.50. The number of benzene rings is 1. The van der Waals surface area contributed by atoms with Gasteiger partial charge in [0, 0.05) is 37.6 Å². The molecule has 0 radical (unpaired) electrons. The number of carbonyl (C=O) groups is 2. The number of anilines is 1. The summed E-state index contributed by atoms with van der Waals surface area (Å²) in [6.07, 6.45) is 1.81. The molecule has 0 unspecified atom stereocenters. The van der Waals surface area contributed by atoms with E-state index in [2.05, 4.69) is 5.32 Å². The van der Waals surface area contributed by atoms with Gasteiger partial charge in [0.1, 0.15) is 0 Å². The molecule has 0 aromatic heterocycles. The highest BCUT2D eigenvalue weighted by Crippen LogP contribution is 2.34. The van der Waals surface area contributed by atoms with Crippen LogP contribution in [0, 0.1) is 0 Å². The molecule has 1 saturated heterocycles. The molecule has 2 amide bonds. The van der Waals surface area contributed by atoms with E-state index in [9.17, 15) is 9.59 Å². The van der Waals surface area contributed by atoms with Crippen LogP contribution in [0.1, 0.15) is 38.2 Å². The summed E-state index contributed by atoms with van der Waals surface area (Å²) < 4.78 is 0. The van der Waals surface area contributed by atoms with Gasteiger partial charge in [-0.1, -0.05) is 11.6 Å². The third-order valence-corrected chi connectivity index (χ3v) is 4.04. The van der Waals surface area contributed by atoms with Crippen molar-refractivity contribution in [2.45, 2.75) is 32.6 Å². The Morgan fingerprint density at radius 3 is 2.45 bits per heavy atom. The Labute approximate surface area is 124 Å². The van der Waals surface area contributed by atoms with E-state index in [0.29, 0.717) is 5.92 Å². The molecule has 20 heavy (non-hydrogen) atoms. The van der Waals surface area contributed by atoms with Gasteiger partial charge in [-0.2, -0.15) is 0 Å². The molecule has 0 saturated carbocycles. The van der Waals surface area contributed by atoms with Gasteiger partial charge in [0.05, 0.1) is 0 Å². The fourth-order valence-electron chi connectivity index (χ4n) is 2.64. The molecule has 0 spiro atoms. The molecule has 1 aromatic rings. The van der Waals surface area contributed by atoms with E-state index in [1.165, 1.54) is 6.92 Å². The standard InChI is InChI=1S/C15H19ClN2O2/c1-10(19)17-13-3-4-15(16)14(9-13)12-5-7-18(8-6-12)11(2)20/h3-4,9,12H,5-8H2,1-2H3,(H,17,19). The second-order valence-electron chi connectivity index (χ2n) is 5.20. The average Bonchev–Trinajstić information content (AvgIpc) is 2.40. The van der Waals surface area contributed by atoms with Gasteiger partial charge in [0.25, 0.3) is 0 Å². The molecule has 1 aromatic carbocycles. The zero-order valence-electron chi connectivity index (χ0n) is 11.8. The number of halogens is 1. The Balaban J connectivity index is 2.12. The Morgan fingerprint density at radius 1 is 1.25 bits per heavy atom. The quantitative estimate of drug-likeness (QED) is 0.911. The number of carbonyl (C=O) groups excluding carboxylic acids is 2. The SMILES string of the molecule is CC(=O)Nc1ccc(Cl)c(C2CCN(C(C)=O)CC2)c1. The van der Waals surface area contributed by atoms with Crippen LogP contribution in [0.2, 0.25) is 5.02 Å². The molecule has 1 heterocycles. The minimum absolute atomic E-state index is 0.0929. The number of piperidine rings is 1. The van der Waals surface area contributed by atoms with Crippen LogP contribution < -0.4 is 5.32 Å². The van der Waals surface area contributed by atoms with Crippen LogP contribution >= 0.6 is 11.6 Å². The molecule has 1 fully saturated rings. The molecular weight excluding hydrogens is 276 g/mol. The maximum Gasteiger partial charge on any atom is 0.221 e. The van der Waals surface area contributed by atoms with Crippen molar-refractivity contribution in [1.29, 1.82) is 0 Å². The van der Waals surface area contributed by atoms with Crippen molar-refractivity contribution in [3.63, 3.8) is 0 Å². The Morgan fingerprint density at radius 2 is 1.90 bits per heavy atom. The van der Waals surface area contributed by atoms with Crippen molar-refractivity contribution in [1.82, 2.24) is 4.90 Å². The van der Waals surface area contributed by atoms with Gasteiger partial charge in [0.2, 0.25) is 11.8 Å². The van der Waals surface area contributed by atoms with Crippen LogP contribution in [0.5, 0.6) is 0 Å². The van der Waals surface area contributed by atoms with Gasteiger partial charge in [-0.25, -0.2) is 0 Å². The second kappa shape index (κ2) is 6.27. The van der Waals surface area contributed by atoms with Crippen LogP contribution in [-0.4, -0.2) is 29.8 Å². The van der Waals surface area contributed by atoms with Crippen LogP contribution in [-0.2, 0) is 9.59 Å². The van der Waals surface area contributed by atoms with Gasteiger partial charge in [-0.15, -0.1) is 0 Å². The predicted octanol–water partition coefficient (Wildman–Crippen LogP) is 3.02. The van der Waals surface area contributed by atoms with Crippen LogP contribution in [0.15, 0.2) is 18.2 Å². The Hall–Kier alpha value is -1.55. The highest BCUT2D eigenvalue weighted by molar-refractivity contribution is 6.31. The summed E-state index contributed by atoms with van der Waals surface area (Å²) in [6, 6.07) is 5.56. The number of hydrogen-bond donors (Lipinski definition) is 1. The fourth-order valence-corrected chi connectivity index (χ4v) is 2.91. The summed E-state index contributed by atoms with van der Waals surface area (Å²) in [7, 11) is 0. The molecule has 108 valence electrons. The van der Waals surface area contributed by atoms with Gasteiger partial charge in [0.15, 0.2) is 0 Å². The van der Waals surface area contributed by atoms with Crippen molar-refractivity contribution in [2.24, 2.45) is 0 Å². The Bertz CT molecular complexity index is 523. The summed E-state index contributed by atoms with van der Waals surface area (Å²) in [4.78, 5) is 24.3. The molecule has 5 heteroatoms. The first-order valence-corrected chi connectivity index (χ1v) is 7.17. The molecule has 4 nitrogen and oxygen atoms in total. The van der Waals surface area contributed by atoms with E-state index in [1.807, 2.05) is 17.0 Å². The van der Waals surface area contributed by atoms with Crippen molar-refractivity contribution in [3.05, 3.63) is 28.8 Å². The van der Waals surface area contributed by atoms with Crippen molar-refractivity contribution in [2.75, 3.05) is 18.4 Å². The minimum Gasteiger partial charge on any atom is -0.343 e. The fraction of sp³-hybridized carbons (Fsp3) is 0.467. The summed E-state index contributed by atoms with van der Waals surface area (Å²) >= 11 is 6.27. The largest absolute Gasteiger partial charge is 0.343 e. The highest BCUT2D eigenvalue weighted by atomic mass is 35.5. The summed E-state index contributed by atoms with van der Waals surface area (Å²) in [6.45, 7) is 4.62. The van der Waals surface area contributed by atoms with Crippen molar-refractivity contribution in [3.8, 4) is 0 Å². The third-order valence-electron chi connectivity index (χ3n) is 3.70. The molecule has 2 rings (SSSR count). The van der Waals surface area contributed by atoms with Gasteiger partial charge in [-0.05, 0) is 42.5 Å². The minimum atomic E-state index is -0.0929. The number of nitrogens with zero attached hydrogens (tertiary/aromatic N) is 1. The first-order valence-electron chi connectivity index (χ1n) is 6.80. The van der Waals surface area contributed by atoms with Crippen molar-refractivity contribution >= 4 is 29.1 Å². The lowest BCUT2D eigenvalue weighted by atomic mass is 9.89. The molecular formula is C15H19ClN2O2. The third kappa shape index (κ3) is 3.51. The predicted molar refractivity (Wildman–Crippen MR) is 80.0 cm³/mol. The number of amides is 2. The molecule has 0 bridgehead atoms. The van der Waals surface area contributed by atoms with E-state index >= 15 is 0 Å². The van der Waals surface area contributed by atoms with Gasteiger partial charge in [-0.3, -0.25) is 9.59 Å². The van der Waals surface area contributed by atoms with Crippen molar-refractivity contribution < 1.29 is 9.59 Å². The van der Waals surface area contributed by atoms with Gasteiger partial charge >= 0.3 is 0 Å². The molecule has 0 aliphatic carbocycles. The van der Waals surface area contributed by atoms with Crippen LogP contribution in [0.25, 0.3) is 0 Å². The van der Waals surface area contributed by atoms with E-state index in [-0.39, 0.29) is 11.8 Å². The monoisotopic (exact) mass is 294 g/mol. The highest BCUT2D eigenvalue weighted by Gasteiger charge is 2.23. The zero-order valence-corrected chi connectivity index (χ0v) is 12.5. The second-order valence-corrected chi connectivity index (χ2v) is 5.61. The number of likely N-dealkylation sites (tertiary alicyclic amines) is 1. The lowest BCUT2D eigenvalue weighted by molar-refractivity contribution is -0.129. The Kier molecular flexibility index (Phi) is 4.65. The van der Waals surface area contributed by atoms with E-state index in [1.54, 1.807) is 13.0 Å². The van der Waals surface area contributed by atoms with Crippen LogP contribution in [0.3, 0.4) is 0 Å². The zero-order chi connectivity index (χ0) is 14.7. The van der Waals surface area contributed by atoms with E-state index in [0.717, 1.165) is 42.2 Å². The first kappa shape index (κ1) is 14.9. The molecule has 1 aliphatic heterocycles. The smallest absolute Gasteiger partial charge is 0.221 e. The maximum atomic E-state index is 11.3. The number of rotatable bonds is 2. The topological polar surface area (TPSA) is 49.4 Å². The summed E-state index contributed by atoms with van der Waals surface area (Å²) in [5.74, 6) is 0.373. The first-order chi connectivity index (χ1) is 9.47. The molecule has 0 atom stereocenters. The number of nitrogens with one attached hydrogen (secondary N) is 1. The summed E-state index contributed by atoms with van der Waals surface area (Å²) in [5.41, 5.74) is 1.83. The van der Waals surface area contributed by atoms with E-state index in [4.69, 9.17) is 11.6 Å².